The molecule has 24 heavy (non-hydrogen) atoms. The molecule has 0 aliphatic heterocycles. The van der Waals surface area contributed by atoms with Gasteiger partial charge in [0.1, 0.15) is 5.60 Å². The molecule has 0 unspecified atom stereocenters. The van der Waals surface area contributed by atoms with Gasteiger partial charge in [-0.25, -0.2) is 4.79 Å². The van der Waals surface area contributed by atoms with E-state index in [-0.39, 0.29) is 16.4 Å². The SMILES string of the molecule is CC(C)(C)OC(=O)N[C@H]1CC[C@@H](O)[C@H](SC(=O)c2ccccc2)C1. The Morgan fingerprint density at radius 2 is 1.88 bits per heavy atom. The number of rotatable bonds is 3. The Bertz CT molecular complexity index is 570. The van der Waals surface area contributed by atoms with Gasteiger partial charge in [-0.05, 0) is 40.0 Å². The number of carbonyl (C=O) groups excluding carboxylic acids is 2. The largest absolute Gasteiger partial charge is 0.444 e. The van der Waals surface area contributed by atoms with Crippen LogP contribution in [0.1, 0.15) is 50.4 Å². The van der Waals surface area contributed by atoms with Gasteiger partial charge in [0.2, 0.25) is 5.12 Å². The number of hydrogen-bond acceptors (Lipinski definition) is 5. The van der Waals surface area contributed by atoms with Crippen molar-refractivity contribution in [3.05, 3.63) is 35.9 Å². The van der Waals surface area contributed by atoms with Crippen LogP contribution in [0.25, 0.3) is 0 Å². The number of thioether (sulfide) groups is 1. The second kappa shape index (κ2) is 8.03. The Morgan fingerprint density at radius 1 is 1.21 bits per heavy atom. The molecule has 2 N–H and O–H groups in total. The third kappa shape index (κ3) is 5.83. The molecule has 1 aliphatic carbocycles. The van der Waals surface area contributed by atoms with E-state index in [1.807, 2.05) is 39.0 Å². The van der Waals surface area contributed by atoms with E-state index in [4.69, 9.17) is 4.74 Å². The number of alkyl carbamates (subject to hydrolysis) is 1. The third-order valence-electron chi connectivity index (χ3n) is 3.75. The number of benzene rings is 1. The first-order chi connectivity index (χ1) is 11.2. The molecule has 132 valence electrons. The summed E-state index contributed by atoms with van der Waals surface area (Å²) in [6.07, 6.45) is 0.780. The number of carbonyl (C=O) groups is 2. The van der Waals surface area contributed by atoms with E-state index in [1.54, 1.807) is 12.1 Å². The van der Waals surface area contributed by atoms with Crippen molar-refractivity contribution in [2.24, 2.45) is 0 Å². The maximum absolute atomic E-state index is 12.3. The number of aliphatic hydroxyl groups is 1. The highest BCUT2D eigenvalue weighted by Gasteiger charge is 2.33. The van der Waals surface area contributed by atoms with E-state index in [9.17, 15) is 14.7 Å². The number of aliphatic hydroxyl groups excluding tert-OH is 1. The first-order valence-electron chi connectivity index (χ1n) is 8.18. The van der Waals surface area contributed by atoms with E-state index in [0.717, 1.165) is 11.8 Å². The Hall–Kier alpha value is -1.53. The van der Waals surface area contributed by atoms with Gasteiger partial charge in [-0.1, -0.05) is 42.1 Å². The molecule has 1 saturated carbocycles. The van der Waals surface area contributed by atoms with Crippen molar-refractivity contribution >= 4 is 23.0 Å². The van der Waals surface area contributed by atoms with Crippen LogP contribution in [-0.4, -0.2) is 39.3 Å². The predicted octanol–water partition coefficient (Wildman–Crippen LogP) is 3.37. The summed E-state index contributed by atoms with van der Waals surface area (Å²) in [7, 11) is 0. The van der Waals surface area contributed by atoms with E-state index in [2.05, 4.69) is 5.32 Å². The summed E-state index contributed by atoms with van der Waals surface area (Å²) in [5, 5.41) is 12.7. The monoisotopic (exact) mass is 351 g/mol. The molecule has 0 heterocycles. The summed E-state index contributed by atoms with van der Waals surface area (Å²) < 4.78 is 5.27. The molecule has 0 saturated heterocycles. The number of amides is 1. The fourth-order valence-electron chi connectivity index (χ4n) is 2.62. The van der Waals surface area contributed by atoms with Gasteiger partial charge < -0.3 is 15.2 Å². The molecular weight excluding hydrogens is 326 g/mol. The molecule has 0 spiro atoms. The van der Waals surface area contributed by atoms with Gasteiger partial charge in [0.25, 0.3) is 0 Å². The molecule has 1 aromatic carbocycles. The van der Waals surface area contributed by atoms with Crippen molar-refractivity contribution < 1.29 is 19.4 Å². The first-order valence-corrected chi connectivity index (χ1v) is 9.06. The molecule has 0 aromatic heterocycles. The third-order valence-corrected chi connectivity index (χ3v) is 5.00. The van der Waals surface area contributed by atoms with E-state index >= 15 is 0 Å². The minimum atomic E-state index is -0.546. The second-order valence-electron chi connectivity index (χ2n) is 7.03. The molecular formula is C18H25NO4S. The molecule has 1 aliphatic rings. The van der Waals surface area contributed by atoms with Crippen molar-refractivity contribution in [3.63, 3.8) is 0 Å². The van der Waals surface area contributed by atoms with E-state index in [0.29, 0.717) is 24.8 Å². The van der Waals surface area contributed by atoms with Gasteiger partial charge >= 0.3 is 6.09 Å². The molecule has 0 bridgehead atoms. The minimum Gasteiger partial charge on any atom is -0.444 e. The maximum atomic E-state index is 12.3. The summed E-state index contributed by atoms with van der Waals surface area (Å²) in [5.41, 5.74) is 0.0762. The Balaban J connectivity index is 1.91. The predicted molar refractivity (Wildman–Crippen MR) is 95.2 cm³/mol. The number of nitrogens with one attached hydrogen (secondary N) is 1. The van der Waals surface area contributed by atoms with E-state index in [1.165, 1.54) is 0 Å². The lowest BCUT2D eigenvalue weighted by atomic mass is 9.93. The van der Waals surface area contributed by atoms with Crippen molar-refractivity contribution in [2.75, 3.05) is 0 Å². The van der Waals surface area contributed by atoms with Gasteiger partial charge in [0, 0.05) is 16.9 Å². The van der Waals surface area contributed by atoms with Crippen LogP contribution in [0.5, 0.6) is 0 Å². The van der Waals surface area contributed by atoms with E-state index < -0.39 is 17.8 Å². The van der Waals surface area contributed by atoms with Crippen LogP contribution in [0.2, 0.25) is 0 Å². The van der Waals surface area contributed by atoms with Crippen molar-refractivity contribution in [1.29, 1.82) is 0 Å². The molecule has 1 fully saturated rings. The second-order valence-corrected chi connectivity index (χ2v) is 8.25. The van der Waals surface area contributed by atoms with Crippen LogP contribution in [0, 0.1) is 0 Å². The fourth-order valence-corrected chi connectivity index (χ4v) is 3.79. The zero-order valence-corrected chi connectivity index (χ0v) is 15.1. The van der Waals surface area contributed by atoms with Crippen LogP contribution >= 0.6 is 11.8 Å². The highest BCUT2D eigenvalue weighted by Crippen LogP contribution is 2.31. The Labute approximate surface area is 147 Å². The van der Waals surface area contributed by atoms with Gasteiger partial charge in [0.05, 0.1) is 6.10 Å². The standard InChI is InChI=1S/C18H25NO4S/c1-18(2,3)23-17(22)19-13-9-10-14(20)15(11-13)24-16(21)12-7-5-4-6-8-12/h4-8,13-15,20H,9-11H2,1-3H3,(H,19,22)/t13-,14+,15+/m0/s1. The fraction of sp³-hybridized carbons (Fsp3) is 0.556. The average molecular weight is 351 g/mol. The highest BCUT2D eigenvalue weighted by molar-refractivity contribution is 8.14. The van der Waals surface area contributed by atoms with Crippen molar-refractivity contribution in [3.8, 4) is 0 Å². The lowest BCUT2D eigenvalue weighted by molar-refractivity contribution is 0.0466. The lowest BCUT2D eigenvalue weighted by Gasteiger charge is -2.33. The minimum absolute atomic E-state index is 0.0578. The van der Waals surface area contributed by atoms with Gasteiger partial charge in [-0.15, -0.1) is 0 Å². The summed E-state index contributed by atoms with van der Waals surface area (Å²) in [6.45, 7) is 5.44. The molecule has 1 aromatic rings. The van der Waals surface area contributed by atoms with Crippen LogP contribution in [-0.2, 0) is 4.74 Å². The maximum Gasteiger partial charge on any atom is 0.407 e. The lowest BCUT2D eigenvalue weighted by Crippen LogP contribution is -2.45. The van der Waals surface area contributed by atoms with Crippen LogP contribution in [0.15, 0.2) is 30.3 Å². The average Bonchev–Trinajstić information content (AvgIpc) is 2.49. The summed E-state index contributed by atoms with van der Waals surface area (Å²) in [5.74, 6) is 0. The summed E-state index contributed by atoms with van der Waals surface area (Å²) in [4.78, 5) is 24.2. The molecule has 0 radical (unpaired) electrons. The van der Waals surface area contributed by atoms with Crippen LogP contribution < -0.4 is 5.32 Å². The smallest absolute Gasteiger partial charge is 0.407 e. The van der Waals surface area contributed by atoms with Gasteiger partial charge in [0.15, 0.2) is 0 Å². The van der Waals surface area contributed by atoms with Gasteiger partial charge in [-0.3, -0.25) is 4.79 Å². The Kier molecular flexibility index (Phi) is 6.29. The molecule has 3 atom stereocenters. The zero-order chi connectivity index (χ0) is 17.7. The molecule has 2 rings (SSSR count). The number of hydrogen-bond donors (Lipinski definition) is 2. The molecule has 5 nitrogen and oxygen atoms in total. The number of ether oxygens (including phenoxy) is 1. The topological polar surface area (TPSA) is 75.6 Å². The van der Waals surface area contributed by atoms with Crippen molar-refractivity contribution in [1.82, 2.24) is 5.32 Å². The Morgan fingerprint density at radius 3 is 2.50 bits per heavy atom. The molecule has 6 heteroatoms. The first kappa shape index (κ1) is 18.8. The summed E-state index contributed by atoms with van der Waals surface area (Å²) >= 11 is 1.14. The van der Waals surface area contributed by atoms with Crippen LogP contribution in [0.3, 0.4) is 0 Å². The molecule has 1 amide bonds. The highest BCUT2D eigenvalue weighted by atomic mass is 32.2. The zero-order valence-electron chi connectivity index (χ0n) is 14.3. The quantitative estimate of drug-likeness (QED) is 0.873. The van der Waals surface area contributed by atoms with Crippen molar-refractivity contribution in [2.45, 2.75) is 63.0 Å². The van der Waals surface area contributed by atoms with Crippen LogP contribution in [0.4, 0.5) is 4.79 Å². The summed E-state index contributed by atoms with van der Waals surface area (Å²) in [6, 6.07) is 8.93. The van der Waals surface area contributed by atoms with Gasteiger partial charge in [-0.2, -0.15) is 0 Å². The normalized spacial score (nSPS) is 24.2.